The van der Waals surface area contributed by atoms with Gasteiger partial charge in [0.15, 0.2) is 5.76 Å². The normalized spacial score (nSPS) is 17.1. The van der Waals surface area contributed by atoms with Crippen molar-refractivity contribution in [2.24, 2.45) is 5.84 Å². The zero-order valence-electron chi connectivity index (χ0n) is 11.3. The van der Waals surface area contributed by atoms with Gasteiger partial charge in [0.25, 0.3) is 0 Å². The Morgan fingerprint density at radius 2 is 2.20 bits per heavy atom. The number of furan rings is 1. The maximum Gasteiger partial charge on any atom is 0.300 e. The van der Waals surface area contributed by atoms with Crippen molar-refractivity contribution in [3.8, 4) is 0 Å². The highest BCUT2D eigenvalue weighted by molar-refractivity contribution is 5.90. The molecule has 0 saturated heterocycles. The summed E-state index contributed by atoms with van der Waals surface area (Å²) in [5.41, 5.74) is 4.66. The van der Waals surface area contributed by atoms with Crippen LogP contribution >= 0.6 is 0 Å². The molecule has 3 N–H and O–H groups in total. The van der Waals surface area contributed by atoms with Crippen molar-refractivity contribution in [3.05, 3.63) is 53.5 Å². The number of nitrogen functional groups attached to an aromatic ring is 1. The number of hydrogen-bond acceptors (Lipinski definition) is 4. The van der Waals surface area contributed by atoms with Gasteiger partial charge in [-0.3, -0.25) is 10.2 Å². The second kappa shape index (κ2) is 5.02. The maximum atomic E-state index is 11.4. The summed E-state index contributed by atoms with van der Waals surface area (Å²) in [5.74, 6) is 5.68. The molecule has 20 heavy (non-hydrogen) atoms. The molecule has 104 valence electrons. The van der Waals surface area contributed by atoms with Gasteiger partial charge in [0.2, 0.25) is 0 Å². The second-order valence-electron chi connectivity index (χ2n) is 5.05. The van der Waals surface area contributed by atoms with E-state index in [1.54, 1.807) is 6.07 Å². The fraction of sp³-hybridized carbons (Fsp3) is 0.267. The Balaban J connectivity index is 1.81. The molecule has 1 aliphatic rings. The first-order valence-corrected chi connectivity index (χ1v) is 6.63. The van der Waals surface area contributed by atoms with Gasteiger partial charge in [-0.2, -0.15) is 0 Å². The number of nitrogens with two attached hydrogens (primary N) is 1. The highest BCUT2D eigenvalue weighted by atomic mass is 16.4. The Hall–Kier alpha value is -2.27. The summed E-state index contributed by atoms with van der Waals surface area (Å²) >= 11 is 0. The average molecular weight is 271 g/mol. The van der Waals surface area contributed by atoms with Crippen LogP contribution < -0.4 is 16.2 Å². The third-order valence-corrected chi connectivity index (χ3v) is 3.69. The summed E-state index contributed by atoms with van der Waals surface area (Å²) in [6, 6.07) is 12.3. The first kappa shape index (κ1) is 12.7. The molecule has 0 saturated carbocycles. The van der Waals surface area contributed by atoms with E-state index >= 15 is 0 Å². The lowest BCUT2D eigenvalue weighted by atomic mass is 10.1. The monoisotopic (exact) mass is 271 g/mol. The number of nitrogens with zero attached hydrogens (tertiary/aromatic N) is 1. The van der Waals surface area contributed by atoms with Crippen LogP contribution in [0.15, 0.2) is 40.8 Å². The van der Waals surface area contributed by atoms with Crippen LogP contribution in [0, 0.1) is 0 Å². The highest BCUT2D eigenvalue weighted by Crippen LogP contribution is 2.33. The molecule has 0 radical (unpaired) electrons. The lowest BCUT2D eigenvalue weighted by Gasteiger charge is -2.23. The molecule has 0 aliphatic carbocycles. The number of amides is 1. The molecule has 1 amide bonds. The molecular weight excluding hydrogens is 254 g/mol. The van der Waals surface area contributed by atoms with Crippen molar-refractivity contribution in [3.63, 3.8) is 0 Å². The van der Waals surface area contributed by atoms with E-state index in [1.165, 1.54) is 11.3 Å². The molecule has 0 bridgehead atoms. The molecule has 1 unspecified atom stereocenters. The van der Waals surface area contributed by atoms with E-state index in [2.05, 4.69) is 35.4 Å². The Morgan fingerprint density at radius 3 is 3.00 bits per heavy atom. The maximum absolute atomic E-state index is 11.4. The van der Waals surface area contributed by atoms with Gasteiger partial charge >= 0.3 is 5.91 Å². The molecule has 1 aromatic heterocycles. The van der Waals surface area contributed by atoms with Crippen LogP contribution in [0.3, 0.4) is 0 Å². The Morgan fingerprint density at radius 1 is 1.40 bits per heavy atom. The lowest BCUT2D eigenvalue weighted by molar-refractivity contribution is 0.0924. The van der Waals surface area contributed by atoms with E-state index in [1.807, 2.05) is 12.1 Å². The highest BCUT2D eigenvalue weighted by Gasteiger charge is 2.26. The SMILES string of the molecule is CC1Cc2ccccc2N1Cc1ccc(C(=O)NN)o1. The van der Waals surface area contributed by atoms with Crippen LogP contribution in [0.25, 0.3) is 0 Å². The first-order chi connectivity index (χ1) is 9.69. The van der Waals surface area contributed by atoms with E-state index in [0.29, 0.717) is 12.6 Å². The summed E-state index contributed by atoms with van der Waals surface area (Å²) < 4.78 is 5.53. The number of nitrogens with one attached hydrogen (secondary N) is 1. The summed E-state index contributed by atoms with van der Waals surface area (Å²) in [5, 5.41) is 0. The fourth-order valence-electron chi connectivity index (χ4n) is 2.69. The molecule has 5 nitrogen and oxygen atoms in total. The van der Waals surface area contributed by atoms with Gasteiger partial charge in [-0.15, -0.1) is 0 Å². The predicted molar refractivity (Wildman–Crippen MR) is 76.2 cm³/mol. The van der Waals surface area contributed by atoms with Crippen LogP contribution in [0.4, 0.5) is 5.69 Å². The molecule has 2 aromatic rings. The van der Waals surface area contributed by atoms with Crippen molar-refractivity contribution in [2.45, 2.75) is 25.9 Å². The quantitative estimate of drug-likeness (QED) is 0.507. The predicted octanol–water partition coefficient (Wildman–Crippen LogP) is 1.83. The Bertz CT molecular complexity index is 636. The first-order valence-electron chi connectivity index (χ1n) is 6.63. The number of benzene rings is 1. The third kappa shape index (κ3) is 2.16. The van der Waals surface area contributed by atoms with E-state index in [4.69, 9.17) is 10.3 Å². The molecule has 0 spiro atoms. The van der Waals surface area contributed by atoms with E-state index in [9.17, 15) is 4.79 Å². The summed E-state index contributed by atoms with van der Waals surface area (Å²) in [6.07, 6.45) is 1.03. The van der Waals surface area contributed by atoms with Crippen molar-refractivity contribution in [1.29, 1.82) is 0 Å². The zero-order valence-corrected chi connectivity index (χ0v) is 11.3. The number of rotatable bonds is 3. The van der Waals surface area contributed by atoms with Gasteiger partial charge in [0, 0.05) is 11.7 Å². The Labute approximate surface area is 117 Å². The van der Waals surface area contributed by atoms with Gasteiger partial charge in [0.05, 0.1) is 6.54 Å². The van der Waals surface area contributed by atoms with Gasteiger partial charge in [-0.25, -0.2) is 5.84 Å². The van der Waals surface area contributed by atoms with Crippen LogP contribution in [-0.2, 0) is 13.0 Å². The van der Waals surface area contributed by atoms with Crippen molar-refractivity contribution in [1.82, 2.24) is 5.43 Å². The molecule has 2 heterocycles. The number of hydrazine groups is 1. The number of carbonyl (C=O) groups excluding carboxylic acids is 1. The summed E-state index contributed by atoms with van der Waals surface area (Å²) in [7, 11) is 0. The van der Waals surface area contributed by atoms with E-state index in [0.717, 1.165) is 12.2 Å². The average Bonchev–Trinajstić information content (AvgIpc) is 3.04. The molecule has 1 aromatic carbocycles. The summed E-state index contributed by atoms with van der Waals surface area (Å²) in [4.78, 5) is 13.7. The summed E-state index contributed by atoms with van der Waals surface area (Å²) in [6.45, 7) is 2.84. The third-order valence-electron chi connectivity index (χ3n) is 3.69. The number of para-hydroxylation sites is 1. The van der Waals surface area contributed by atoms with E-state index < -0.39 is 5.91 Å². The minimum absolute atomic E-state index is 0.239. The van der Waals surface area contributed by atoms with Crippen molar-refractivity contribution < 1.29 is 9.21 Å². The number of fused-ring (bicyclic) bond motifs is 1. The van der Waals surface area contributed by atoms with Crippen LogP contribution in [0.5, 0.6) is 0 Å². The largest absolute Gasteiger partial charge is 0.454 e. The smallest absolute Gasteiger partial charge is 0.300 e. The zero-order chi connectivity index (χ0) is 14.1. The van der Waals surface area contributed by atoms with Gasteiger partial charge in [0.1, 0.15) is 5.76 Å². The van der Waals surface area contributed by atoms with Crippen LogP contribution in [0.1, 0.15) is 28.8 Å². The van der Waals surface area contributed by atoms with Crippen molar-refractivity contribution in [2.75, 3.05) is 4.90 Å². The molecule has 5 heteroatoms. The molecular formula is C15H17N3O2. The van der Waals surface area contributed by atoms with Gasteiger partial charge < -0.3 is 9.32 Å². The van der Waals surface area contributed by atoms with Gasteiger partial charge in [-0.1, -0.05) is 18.2 Å². The molecule has 3 rings (SSSR count). The molecule has 1 atom stereocenters. The van der Waals surface area contributed by atoms with Crippen LogP contribution in [-0.4, -0.2) is 11.9 Å². The fourth-order valence-corrected chi connectivity index (χ4v) is 2.69. The Kier molecular flexibility index (Phi) is 3.20. The second-order valence-corrected chi connectivity index (χ2v) is 5.05. The molecule has 1 aliphatic heterocycles. The number of hydrogen-bond donors (Lipinski definition) is 2. The van der Waals surface area contributed by atoms with Crippen LogP contribution in [0.2, 0.25) is 0 Å². The minimum Gasteiger partial charge on any atom is -0.454 e. The number of carbonyl (C=O) groups is 1. The topological polar surface area (TPSA) is 71.5 Å². The lowest BCUT2D eigenvalue weighted by Crippen LogP contribution is -2.30. The van der Waals surface area contributed by atoms with E-state index in [-0.39, 0.29) is 5.76 Å². The molecule has 0 fully saturated rings. The van der Waals surface area contributed by atoms with Crippen molar-refractivity contribution >= 4 is 11.6 Å². The standard InChI is InChI=1S/C15H17N3O2/c1-10-8-11-4-2-3-5-13(11)18(10)9-12-6-7-14(20-12)15(19)17-16/h2-7,10H,8-9,16H2,1H3,(H,17,19). The van der Waals surface area contributed by atoms with Gasteiger partial charge in [-0.05, 0) is 37.1 Å². The number of anilines is 1. The minimum atomic E-state index is -0.411.